The Morgan fingerprint density at radius 1 is 1.29 bits per heavy atom. The molecule has 1 aromatic rings. The molecule has 0 aromatic heterocycles. The van der Waals surface area contributed by atoms with Crippen molar-refractivity contribution in [3.8, 4) is 0 Å². The maximum Gasteiger partial charge on any atom is 0.227 e. The zero-order chi connectivity index (χ0) is 15.9. The third kappa shape index (κ3) is 5.27. The fourth-order valence-electron chi connectivity index (χ4n) is 1.76. The Hall–Kier alpha value is -1.75. The van der Waals surface area contributed by atoms with Crippen LogP contribution >= 0.6 is 11.6 Å². The normalized spacial score (nSPS) is 12.0. The lowest BCUT2D eigenvalue weighted by atomic mass is 9.92. The molecule has 5 nitrogen and oxygen atoms in total. The van der Waals surface area contributed by atoms with Crippen molar-refractivity contribution in [2.24, 2.45) is 10.4 Å². The second-order valence-electron chi connectivity index (χ2n) is 5.33. The number of nitrogens with one attached hydrogen (secondary N) is 3. The highest BCUT2D eigenvalue weighted by atomic mass is 35.5. The lowest BCUT2D eigenvalue weighted by Crippen LogP contribution is -2.47. The van der Waals surface area contributed by atoms with E-state index in [2.05, 4.69) is 20.9 Å². The molecule has 116 valence electrons. The van der Waals surface area contributed by atoms with E-state index in [4.69, 9.17) is 11.6 Å². The highest BCUT2D eigenvalue weighted by Gasteiger charge is 2.26. The van der Waals surface area contributed by atoms with Gasteiger partial charge in [-0.1, -0.05) is 29.8 Å². The second kappa shape index (κ2) is 7.88. The number of nitrogens with zero attached hydrogens (tertiary/aromatic N) is 1. The molecule has 1 aromatic carbocycles. The molecule has 0 radical (unpaired) electrons. The van der Waals surface area contributed by atoms with Gasteiger partial charge in [-0.15, -0.1) is 0 Å². The Balaban J connectivity index is 2.54. The van der Waals surface area contributed by atoms with Gasteiger partial charge in [-0.25, -0.2) is 0 Å². The summed E-state index contributed by atoms with van der Waals surface area (Å²) >= 11 is 6.11. The van der Waals surface area contributed by atoms with Crippen LogP contribution in [0.3, 0.4) is 0 Å². The molecule has 0 atom stereocenters. The molecule has 0 aliphatic carbocycles. The van der Waals surface area contributed by atoms with Gasteiger partial charge in [0.05, 0.1) is 5.41 Å². The molecular weight excluding hydrogens is 288 g/mol. The fraction of sp³-hybridized carbons (Fsp3) is 0.467. The monoisotopic (exact) mass is 310 g/mol. The van der Waals surface area contributed by atoms with Crippen molar-refractivity contribution in [3.05, 3.63) is 34.9 Å². The summed E-state index contributed by atoms with van der Waals surface area (Å²) in [5, 5.41) is 9.70. The molecule has 3 N–H and O–H groups in total. The Morgan fingerprint density at radius 2 is 1.95 bits per heavy atom. The number of carbonyl (C=O) groups is 1. The van der Waals surface area contributed by atoms with E-state index in [1.54, 1.807) is 14.1 Å². The molecule has 0 bridgehead atoms. The predicted molar refractivity (Wildman–Crippen MR) is 87.5 cm³/mol. The summed E-state index contributed by atoms with van der Waals surface area (Å²) in [4.78, 5) is 15.9. The van der Waals surface area contributed by atoms with Gasteiger partial charge in [-0.2, -0.15) is 0 Å². The molecule has 0 heterocycles. The molecule has 1 rings (SSSR count). The zero-order valence-electron chi connectivity index (χ0n) is 13.0. The van der Waals surface area contributed by atoms with E-state index < -0.39 is 5.41 Å². The van der Waals surface area contributed by atoms with E-state index in [-0.39, 0.29) is 5.91 Å². The molecule has 6 heteroatoms. The summed E-state index contributed by atoms with van der Waals surface area (Å²) in [5.41, 5.74) is 0.476. The lowest BCUT2D eigenvalue weighted by molar-refractivity contribution is -0.128. The van der Waals surface area contributed by atoms with Crippen molar-refractivity contribution in [1.82, 2.24) is 16.0 Å². The minimum absolute atomic E-state index is 0.0171. The highest BCUT2D eigenvalue weighted by molar-refractivity contribution is 6.31. The predicted octanol–water partition coefficient (Wildman–Crippen LogP) is 1.78. The maximum atomic E-state index is 11.7. The molecule has 21 heavy (non-hydrogen) atoms. The summed E-state index contributed by atoms with van der Waals surface area (Å²) < 4.78 is 0. The quantitative estimate of drug-likeness (QED) is 0.574. The summed E-state index contributed by atoms with van der Waals surface area (Å²) in [6.45, 7) is 4.80. The topological polar surface area (TPSA) is 65.5 Å². The minimum atomic E-state index is -0.517. The molecule has 0 unspecified atom stereocenters. The van der Waals surface area contributed by atoms with Crippen LogP contribution in [-0.4, -0.2) is 32.5 Å². The Morgan fingerprint density at radius 3 is 2.52 bits per heavy atom. The summed E-state index contributed by atoms with van der Waals surface area (Å²) in [7, 11) is 3.32. The number of benzene rings is 1. The molecule has 0 spiro atoms. The van der Waals surface area contributed by atoms with Crippen LogP contribution in [0, 0.1) is 5.41 Å². The van der Waals surface area contributed by atoms with Gasteiger partial charge < -0.3 is 16.0 Å². The van der Waals surface area contributed by atoms with Crippen molar-refractivity contribution in [1.29, 1.82) is 0 Å². The molecule has 1 amide bonds. The van der Waals surface area contributed by atoms with Crippen LogP contribution in [-0.2, 0) is 11.3 Å². The van der Waals surface area contributed by atoms with Crippen molar-refractivity contribution in [3.63, 3.8) is 0 Å². The number of hydrogen-bond acceptors (Lipinski definition) is 2. The van der Waals surface area contributed by atoms with Gasteiger partial charge in [0.25, 0.3) is 0 Å². The van der Waals surface area contributed by atoms with Crippen molar-refractivity contribution in [2.45, 2.75) is 20.4 Å². The van der Waals surface area contributed by atoms with E-state index >= 15 is 0 Å². The summed E-state index contributed by atoms with van der Waals surface area (Å²) in [6.07, 6.45) is 0. The third-order valence-electron chi connectivity index (χ3n) is 3.17. The maximum absolute atomic E-state index is 11.7. The van der Waals surface area contributed by atoms with Crippen LogP contribution in [0.4, 0.5) is 0 Å². The summed E-state index contributed by atoms with van der Waals surface area (Å²) in [5.74, 6) is 0.614. The number of hydrogen-bond donors (Lipinski definition) is 3. The zero-order valence-corrected chi connectivity index (χ0v) is 13.7. The standard InChI is InChI=1S/C15H23ClN4O/c1-15(2,13(21)17-3)10-20-14(18-4)19-9-11-7-5-6-8-12(11)16/h5-8H,9-10H2,1-4H3,(H,17,21)(H2,18,19,20). The number of rotatable bonds is 5. The van der Waals surface area contributed by atoms with Gasteiger partial charge in [-0.05, 0) is 25.5 Å². The van der Waals surface area contributed by atoms with E-state index in [1.165, 1.54) is 0 Å². The van der Waals surface area contributed by atoms with Gasteiger partial charge >= 0.3 is 0 Å². The van der Waals surface area contributed by atoms with Gasteiger partial charge in [0.2, 0.25) is 5.91 Å². The van der Waals surface area contributed by atoms with Crippen LogP contribution in [0.1, 0.15) is 19.4 Å². The largest absolute Gasteiger partial charge is 0.359 e. The Bertz CT molecular complexity index is 514. The molecule has 0 saturated carbocycles. The fourth-order valence-corrected chi connectivity index (χ4v) is 1.97. The molecular formula is C15H23ClN4O. The minimum Gasteiger partial charge on any atom is -0.359 e. The average Bonchev–Trinajstić information content (AvgIpc) is 2.48. The van der Waals surface area contributed by atoms with Crippen molar-refractivity contribution >= 4 is 23.5 Å². The molecule has 0 aliphatic rings. The Labute approximate surface area is 131 Å². The van der Waals surface area contributed by atoms with Crippen LogP contribution < -0.4 is 16.0 Å². The number of aliphatic imine (C=N–C) groups is 1. The first kappa shape index (κ1) is 17.3. The smallest absolute Gasteiger partial charge is 0.227 e. The second-order valence-corrected chi connectivity index (χ2v) is 5.74. The first-order valence-corrected chi connectivity index (χ1v) is 7.18. The number of carbonyl (C=O) groups excluding carboxylic acids is 1. The highest BCUT2D eigenvalue weighted by Crippen LogP contribution is 2.15. The number of halogens is 1. The SMILES string of the molecule is CN=C(NCc1ccccc1Cl)NCC(C)(C)C(=O)NC. The number of guanidine groups is 1. The van der Waals surface area contributed by atoms with Crippen LogP contribution in [0.2, 0.25) is 5.02 Å². The van der Waals surface area contributed by atoms with Crippen LogP contribution in [0.15, 0.2) is 29.3 Å². The third-order valence-corrected chi connectivity index (χ3v) is 3.54. The van der Waals surface area contributed by atoms with E-state index in [1.807, 2.05) is 38.1 Å². The molecule has 0 saturated heterocycles. The van der Waals surface area contributed by atoms with Gasteiger partial charge in [0.15, 0.2) is 5.96 Å². The molecule has 0 aliphatic heterocycles. The van der Waals surface area contributed by atoms with Crippen molar-refractivity contribution < 1.29 is 4.79 Å². The van der Waals surface area contributed by atoms with Crippen molar-refractivity contribution in [2.75, 3.05) is 20.6 Å². The lowest BCUT2D eigenvalue weighted by Gasteiger charge is -2.24. The van der Waals surface area contributed by atoms with Gasteiger partial charge in [0.1, 0.15) is 0 Å². The van der Waals surface area contributed by atoms with Crippen LogP contribution in [0.25, 0.3) is 0 Å². The average molecular weight is 311 g/mol. The van der Waals surface area contributed by atoms with E-state index in [9.17, 15) is 4.79 Å². The summed E-state index contributed by atoms with van der Waals surface area (Å²) in [6, 6.07) is 7.64. The van der Waals surface area contributed by atoms with Gasteiger partial charge in [0, 0.05) is 32.2 Å². The first-order chi connectivity index (χ1) is 9.90. The number of amides is 1. The van der Waals surface area contributed by atoms with Gasteiger partial charge in [-0.3, -0.25) is 9.79 Å². The van der Waals surface area contributed by atoms with Crippen LogP contribution in [0.5, 0.6) is 0 Å². The van der Waals surface area contributed by atoms with E-state index in [0.717, 1.165) is 5.56 Å². The Kier molecular flexibility index (Phi) is 6.49. The molecule has 0 fully saturated rings. The van der Waals surface area contributed by atoms with E-state index in [0.29, 0.717) is 24.1 Å². The first-order valence-electron chi connectivity index (χ1n) is 6.81.